The molecular weight excluding hydrogens is 346 g/mol. The second-order valence-corrected chi connectivity index (χ2v) is 7.53. The number of benzene rings is 2. The van der Waals surface area contributed by atoms with Crippen molar-refractivity contribution in [2.45, 2.75) is 22.6 Å². The van der Waals surface area contributed by atoms with Crippen LogP contribution in [0.5, 0.6) is 0 Å². The van der Waals surface area contributed by atoms with Gasteiger partial charge >= 0.3 is 0 Å². The van der Waals surface area contributed by atoms with Crippen molar-refractivity contribution in [1.82, 2.24) is 0 Å². The Bertz CT molecular complexity index is 671. The van der Waals surface area contributed by atoms with Gasteiger partial charge in [-0.1, -0.05) is 52.3 Å². The Morgan fingerprint density at radius 2 is 1.95 bits per heavy atom. The van der Waals surface area contributed by atoms with Crippen molar-refractivity contribution in [2.24, 2.45) is 0 Å². The molecule has 3 rings (SSSR count). The highest BCUT2D eigenvalue weighted by atomic mass is 79.9. The van der Waals surface area contributed by atoms with Crippen LogP contribution in [0.2, 0.25) is 0 Å². The van der Waals surface area contributed by atoms with E-state index in [4.69, 9.17) is 0 Å². The lowest BCUT2D eigenvalue weighted by Crippen LogP contribution is -2.21. The molecule has 2 aromatic rings. The van der Waals surface area contributed by atoms with Gasteiger partial charge in [0, 0.05) is 21.2 Å². The summed E-state index contributed by atoms with van der Waals surface area (Å²) in [5.74, 6) is 0.829. The molecule has 2 unspecified atom stereocenters. The van der Waals surface area contributed by atoms with E-state index in [0.717, 1.165) is 22.6 Å². The third-order valence-corrected chi connectivity index (χ3v) is 5.34. The molecule has 0 radical (unpaired) electrons. The van der Waals surface area contributed by atoms with Crippen LogP contribution in [0.4, 0.5) is 5.69 Å². The normalized spacial score (nSPS) is 18.1. The minimum Gasteiger partial charge on any atom is -0.325 e. The highest BCUT2D eigenvalue weighted by Gasteiger charge is 2.29. The summed E-state index contributed by atoms with van der Waals surface area (Å²) in [6.45, 7) is 2.06. The summed E-state index contributed by atoms with van der Waals surface area (Å²) >= 11 is 5.33. The molecular formula is C17H16BrNOS. The molecule has 1 aliphatic rings. The van der Waals surface area contributed by atoms with E-state index in [1.54, 1.807) is 11.8 Å². The highest BCUT2D eigenvalue weighted by Crippen LogP contribution is 2.40. The molecule has 0 fully saturated rings. The average Bonchev–Trinajstić information content (AvgIpc) is 2.91. The number of rotatable bonds is 3. The van der Waals surface area contributed by atoms with Crippen molar-refractivity contribution in [3.63, 3.8) is 0 Å². The second-order valence-electron chi connectivity index (χ2n) is 5.09. The zero-order chi connectivity index (χ0) is 14.8. The SMILES string of the molecule is CC(Br)c1ccccc1NC(=O)C1CSc2ccccc21. The first-order valence-electron chi connectivity index (χ1n) is 6.92. The number of alkyl halides is 1. The van der Waals surface area contributed by atoms with Crippen LogP contribution in [-0.4, -0.2) is 11.7 Å². The van der Waals surface area contributed by atoms with Crippen molar-refractivity contribution in [1.29, 1.82) is 0 Å². The Morgan fingerprint density at radius 3 is 2.76 bits per heavy atom. The van der Waals surface area contributed by atoms with Gasteiger partial charge in [-0.2, -0.15) is 0 Å². The van der Waals surface area contributed by atoms with Crippen LogP contribution >= 0.6 is 27.7 Å². The number of carbonyl (C=O) groups is 1. The fourth-order valence-electron chi connectivity index (χ4n) is 2.56. The molecule has 1 aliphatic heterocycles. The molecule has 1 amide bonds. The number of nitrogens with one attached hydrogen (secondary N) is 1. The van der Waals surface area contributed by atoms with Gasteiger partial charge in [0.2, 0.25) is 5.91 Å². The first-order chi connectivity index (χ1) is 10.2. The van der Waals surface area contributed by atoms with Gasteiger partial charge in [-0.3, -0.25) is 4.79 Å². The van der Waals surface area contributed by atoms with E-state index in [1.165, 1.54) is 4.90 Å². The molecule has 0 saturated heterocycles. The van der Waals surface area contributed by atoms with E-state index in [2.05, 4.69) is 40.3 Å². The predicted octanol–water partition coefficient (Wildman–Crippen LogP) is 4.97. The molecule has 108 valence electrons. The van der Waals surface area contributed by atoms with Gasteiger partial charge in [-0.05, 0) is 30.2 Å². The van der Waals surface area contributed by atoms with Crippen LogP contribution in [0.15, 0.2) is 53.4 Å². The monoisotopic (exact) mass is 361 g/mol. The Morgan fingerprint density at radius 1 is 1.24 bits per heavy atom. The van der Waals surface area contributed by atoms with Crippen LogP contribution < -0.4 is 5.32 Å². The maximum absolute atomic E-state index is 12.6. The summed E-state index contributed by atoms with van der Waals surface area (Å²) in [4.78, 5) is 14.0. The maximum atomic E-state index is 12.6. The number of fused-ring (bicyclic) bond motifs is 1. The topological polar surface area (TPSA) is 29.1 Å². The van der Waals surface area contributed by atoms with Crippen LogP contribution in [0.3, 0.4) is 0 Å². The zero-order valence-corrected chi connectivity index (χ0v) is 14.1. The van der Waals surface area contributed by atoms with Gasteiger partial charge in [-0.15, -0.1) is 11.8 Å². The van der Waals surface area contributed by atoms with Gasteiger partial charge in [0.1, 0.15) is 0 Å². The Hall–Kier alpha value is -1.26. The summed E-state index contributed by atoms with van der Waals surface area (Å²) in [6.07, 6.45) is 0. The minimum atomic E-state index is -0.0649. The smallest absolute Gasteiger partial charge is 0.232 e. The zero-order valence-electron chi connectivity index (χ0n) is 11.7. The summed E-state index contributed by atoms with van der Waals surface area (Å²) in [5.41, 5.74) is 3.13. The predicted molar refractivity (Wildman–Crippen MR) is 92.3 cm³/mol. The summed E-state index contributed by atoms with van der Waals surface area (Å²) in [5, 5.41) is 3.09. The van der Waals surface area contributed by atoms with Crippen molar-refractivity contribution >= 4 is 39.3 Å². The fraction of sp³-hybridized carbons (Fsp3) is 0.235. The van der Waals surface area contributed by atoms with Crippen LogP contribution in [-0.2, 0) is 4.79 Å². The number of anilines is 1. The van der Waals surface area contributed by atoms with Crippen molar-refractivity contribution in [3.8, 4) is 0 Å². The molecule has 0 spiro atoms. The number of halogens is 1. The molecule has 0 saturated carbocycles. The molecule has 2 atom stereocenters. The third-order valence-electron chi connectivity index (χ3n) is 3.66. The minimum absolute atomic E-state index is 0.0649. The fourth-order valence-corrected chi connectivity index (χ4v) is 4.19. The number of carbonyl (C=O) groups excluding carboxylic acids is 1. The molecule has 21 heavy (non-hydrogen) atoms. The van der Waals surface area contributed by atoms with Gasteiger partial charge < -0.3 is 5.32 Å². The number of hydrogen-bond donors (Lipinski definition) is 1. The lowest BCUT2D eigenvalue weighted by Gasteiger charge is -2.15. The van der Waals surface area contributed by atoms with E-state index in [0.29, 0.717) is 0 Å². The lowest BCUT2D eigenvalue weighted by molar-refractivity contribution is -0.117. The standard InChI is InChI=1S/C17H16BrNOS/c1-11(18)12-6-2-4-8-15(12)19-17(20)14-10-21-16-9-5-3-7-13(14)16/h2-9,11,14H,10H2,1H3,(H,19,20). The van der Waals surface area contributed by atoms with Crippen LogP contribution in [0.1, 0.15) is 28.8 Å². The Balaban J connectivity index is 1.82. The van der Waals surface area contributed by atoms with E-state index in [-0.39, 0.29) is 16.7 Å². The van der Waals surface area contributed by atoms with Crippen molar-refractivity contribution in [3.05, 3.63) is 59.7 Å². The first kappa shape index (κ1) is 14.7. The summed E-state index contributed by atoms with van der Waals surface area (Å²) in [7, 11) is 0. The number of thioether (sulfide) groups is 1. The van der Waals surface area contributed by atoms with Gasteiger partial charge in [0.25, 0.3) is 0 Å². The third kappa shape index (κ3) is 3.01. The van der Waals surface area contributed by atoms with Gasteiger partial charge in [0.05, 0.1) is 5.92 Å². The van der Waals surface area contributed by atoms with E-state index < -0.39 is 0 Å². The van der Waals surface area contributed by atoms with Crippen LogP contribution in [0.25, 0.3) is 0 Å². The molecule has 1 N–H and O–H groups in total. The number of para-hydroxylation sites is 1. The molecule has 0 bridgehead atoms. The molecule has 0 aliphatic carbocycles. The van der Waals surface area contributed by atoms with Gasteiger partial charge in [-0.25, -0.2) is 0 Å². The number of amides is 1. The average molecular weight is 362 g/mol. The lowest BCUT2D eigenvalue weighted by atomic mass is 10.00. The van der Waals surface area contributed by atoms with E-state index in [1.807, 2.05) is 36.4 Å². The maximum Gasteiger partial charge on any atom is 0.232 e. The summed E-state index contributed by atoms with van der Waals surface area (Å²) < 4.78 is 0. The molecule has 0 aromatic heterocycles. The molecule has 2 aromatic carbocycles. The van der Waals surface area contributed by atoms with Crippen molar-refractivity contribution < 1.29 is 4.79 Å². The van der Waals surface area contributed by atoms with Crippen LogP contribution in [0, 0.1) is 0 Å². The second kappa shape index (κ2) is 6.24. The van der Waals surface area contributed by atoms with E-state index >= 15 is 0 Å². The Labute approximate surface area is 137 Å². The summed E-state index contributed by atoms with van der Waals surface area (Å²) in [6, 6.07) is 16.1. The molecule has 2 nitrogen and oxygen atoms in total. The van der Waals surface area contributed by atoms with Gasteiger partial charge in [0.15, 0.2) is 0 Å². The van der Waals surface area contributed by atoms with E-state index in [9.17, 15) is 4.79 Å². The quantitative estimate of drug-likeness (QED) is 0.781. The largest absolute Gasteiger partial charge is 0.325 e. The first-order valence-corrected chi connectivity index (χ1v) is 8.82. The Kier molecular flexibility index (Phi) is 4.36. The van der Waals surface area contributed by atoms with Crippen molar-refractivity contribution in [2.75, 3.05) is 11.1 Å². The molecule has 1 heterocycles. The molecule has 4 heteroatoms. The number of hydrogen-bond acceptors (Lipinski definition) is 2. The highest BCUT2D eigenvalue weighted by molar-refractivity contribution is 9.09.